The van der Waals surface area contributed by atoms with Gasteiger partial charge in [0, 0.05) is 13.1 Å². The lowest BCUT2D eigenvalue weighted by Crippen LogP contribution is -2.42. The van der Waals surface area contributed by atoms with Crippen molar-refractivity contribution >= 4 is 23.1 Å². The number of imidazole rings is 1. The Morgan fingerprint density at radius 3 is 2.64 bits per heavy atom. The maximum Gasteiger partial charge on any atom is 0.519 e. The van der Waals surface area contributed by atoms with Crippen molar-refractivity contribution < 1.29 is 24.6 Å². The molecule has 1 saturated heterocycles. The van der Waals surface area contributed by atoms with Gasteiger partial charge in [-0.15, -0.1) is 9.13 Å². The van der Waals surface area contributed by atoms with Crippen LogP contribution in [0.3, 0.4) is 0 Å². The molecule has 1 aliphatic rings. The summed E-state index contributed by atoms with van der Waals surface area (Å²) in [6.07, 6.45) is 1.13. The van der Waals surface area contributed by atoms with Crippen LogP contribution < -0.4 is 20.0 Å². The average Bonchev–Trinajstić information content (AvgIpc) is 2.96. The summed E-state index contributed by atoms with van der Waals surface area (Å²) in [5, 5.41) is 18.9. The third-order valence-corrected chi connectivity index (χ3v) is 4.33. The third kappa shape index (κ3) is 2.09. The fourth-order valence-corrected chi connectivity index (χ4v) is 2.88. The Morgan fingerprint density at radius 2 is 2.05 bits per heavy atom. The summed E-state index contributed by atoms with van der Waals surface area (Å²) in [5.41, 5.74) is 0.544. The minimum absolute atomic E-state index is 0.149. The standard InChI is InChI=1S/C13H17N5O4/c1-16-9-8(10(19)17(2)13(16)22)14-12(15-9)18-5-3-7(4-6-18)11(20)21/h7H,3-6H2,1-2H3,(H2,14,15,19,20,21)/p+2. The maximum absolute atomic E-state index is 12.2. The number of hydrogen-bond acceptors (Lipinski definition) is 4. The summed E-state index contributed by atoms with van der Waals surface area (Å²) in [4.78, 5) is 31.3. The molecule has 118 valence electrons. The van der Waals surface area contributed by atoms with Crippen LogP contribution >= 0.6 is 0 Å². The van der Waals surface area contributed by atoms with Gasteiger partial charge in [-0.25, -0.2) is 4.79 Å². The van der Waals surface area contributed by atoms with Crippen molar-refractivity contribution in [1.82, 2.24) is 9.55 Å². The molecule has 2 aromatic heterocycles. The molecule has 2 aromatic rings. The largest absolute Gasteiger partial charge is 0.519 e. The van der Waals surface area contributed by atoms with Gasteiger partial charge < -0.3 is 15.1 Å². The Morgan fingerprint density at radius 1 is 1.41 bits per heavy atom. The molecule has 1 aliphatic heterocycles. The first-order chi connectivity index (χ1) is 10.4. The number of rotatable bonds is 2. The number of piperidine rings is 1. The summed E-state index contributed by atoms with van der Waals surface area (Å²) in [7, 11) is 3.15. The van der Waals surface area contributed by atoms with Gasteiger partial charge in [-0.1, -0.05) is 0 Å². The molecular weight excluding hydrogens is 290 g/mol. The number of nitrogens with one attached hydrogen (secondary N) is 2. The molecule has 0 aliphatic carbocycles. The molecule has 0 radical (unpaired) electrons. The summed E-state index contributed by atoms with van der Waals surface area (Å²) >= 11 is 0. The molecular formula is C13H19N5O4+2. The Bertz CT molecular complexity index is 801. The summed E-state index contributed by atoms with van der Waals surface area (Å²) in [5.74, 6) is -0.420. The number of nitrogens with zero attached hydrogens (tertiary/aromatic N) is 3. The average molecular weight is 309 g/mol. The van der Waals surface area contributed by atoms with Crippen LogP contribution in [0.4, 0.5) is 5.95 Å². The number of aryl methyl sites for hydroxylation is 1. The molecule has 0 saturated carbocycles. The summed E-state index contributed by atoms with van der Waals surface area (Å²) < 4.78 is 2.65. The molecule has 9 heteroatoms. The lowest BCUT2D eigenvalue weighted by Gasteiger charge is -2.27. The number of aromatic amines is 2. The quantitative estimate of drug-likeness (QED) is 0.585. The van der Waals surface area contributed by atoms with Crippen LogP contribution in [0.5, 0.6) is 6.01 Å². The van der Waals surface area contributed by atoms with E-state index in [9.17, 15) is 14.7 Å². The van der Waals surface area contributed by atoms with Crippen LogP contribution in [0.25, 0.3) is 11.2 Å². The van der Waals surface area contributed by atoms with Gasteiger partial charge in [-0.2, -0.15) is 4.98 Å². The zero-order valence-electron chi connectivity index (χ0n) is 12.5. The molecule has 3 rings (SSSR count). The monoisotopic (exact) mass is 309 g/mol. The van der Waals surface area contributed by atoms with Gasteiger partial charge in [-0.05, 0) is 12.8 Å². The highest BCUT2D eigenvalue weighted by molar-refractivity contribution is 5.70. The predicted octanol–water partition coefficient (Wildman–Crippen LogP) is -1.49. The van der Waals surface area contributed by atoms with E-state index in [1.165, 1.54) is 11.6 Å². The molecule has 0 unspecified atom stereocenters. The third-order valence-electron chi connectivity index (χ3n) is 4.33. The highest BCUT2D eigenvalue weighted by Gasteiger charge is 2.31. The Hall–Kier alpha value is -2.58. The van der Waals surface area contributed by atoms with Gasteiger partial charge >= 0.3 is 29.1 Å². The van der Waals surface area contributed by atoms with E-state index in [0.29, 0.717) is 43.0 Å². The van der Waals surface area contributed by atoms with E-state index in [-0.39, 0.29) is 17.5 Å². The Labute approximate surface area is 125 Å². The van der Waals surface area contributed by atoms with E-state index in [2.05, 4.69) is 9.97 Å². The van der Waals surface area contributed by atoms with E-state index in [1.807, 2.05) is 4.90 Å². The van der Waals surface area contributed by atoms with Crippen LogP contribution in [0.2, 0.25) is 0 Å². The molecule has 9 nitrogen and oxygen atoms in total. The first-order valence-corrected chi connectivity index (χ1v) is 7.11. The van der Waals surface area contributed by atoms with Gasteiger partial charge in [0.05, 0.1) is 5.92 Å². The van der Waals surface area contributed by atoms with Crippen molar-refractivity contribution in [2.75, 3.05) is 18.0 Å². The number of carbonyl (C=O) groups is 1. The Kier molecular flexibility index (Phi) is 3.27. The van der Waals surface area contributed by atoms with E-state index in [1.54, 1.807) is 7.05 Å². The van der Waals surface area contributed by atoms with E-state index < -0.39 is 5.97 Å². The summed E-state index contributed by atoms with van der Waals surface area (Å²) in [6.45, 7) is 1.19. The number of anilines is 1. The van der Waals surface area contributed by atoms with Crippen molar-refractivity contribution in [2.45, 2.75) is 12.8 Å². The van der Waals surface area contributed by atoms with Crippen LogP contribution in [0.15, 0.2) is 4.79 Å². The molecule has 0 bridgehead atoms. The first kappa shape index (κ1) is 14.4. The smallest absolute Gasteiger partial charge is 0.481 e. The second-order valence-electron chi connectivity index (χ2n) is 5.64. The lowest BCUT2D eigenvalue weighted by atomic mass is 9.97. The molecule has 4 N–H and O–H groups in total. The highest BCUT2D eigenvalue weighted by Crippen LogP contribution is 2.20. The highest BCUT2D eigenvalue weighted by atomic mass is 16.4. The van der Waals surface area contributed by atoms with Gasteiger partial charge in [-0.3, -0.25) is 9.78 Å². The zero-order valence-corrected chi connectivity index (χ0v) is 12.5. The van der Waals surface area contributed by atoms with Gasteiger partial charge in [0.1, 0.15) is 14.1 Å². The fraction of sp³-hybridized carbons (Fsp3) is 0.538. The van der Waals surface area contributed by atoms with E-state index in [0.717, 1.165) is 4.57 Å². The number of hydrogen-bond donors (Lipinski definition) is 3. The second-order valence-corrected chi connectivity index (χ2v) is 5.64. The van der Waals surface area contributed by atoms with Crippen LogP contribution in [-0.2, 0) is 18.9 Å². The van der Waals surface area contributed by atoms with Gasteiger partial charge in [0.15, 0.2) is 0 Å². The SMILES string of the molecule is Cn1c(O)[n+](C)c2[nH+]c(N3CCC(C(=O)O)CC3)[nH]c2c1=O. The second kappa shape index (κ2) is 5.00. The molecule has 1 fully saturated rings. The van der Waals surface area contributed by atoms with Crippen molar-refractivity contribution in [1.29, 1.82) is 0 Å². The molecule has 3 heterocycles. The first-order valence-electron chi connectivity index (χ1n) is 7.11. The van der Waals surface area contributed by atoms with Crippen molar-refractivity contribution in [3.05, 3.63) is 10.4 Å². The lowest BCUT2D eigenvalue weighted by molar-refractivity contribution is -0.690. The topological polar surface area (TPSA) is 117 Å². The zero-order chi connectivity index (χ0) is 16.0. The van der Waals surface area contributed by atoms with Crippen LogP contribution in [0.1, 0.15) is 12.8 Å². The molecule has 0 amide bonds. The number of H-pyrrole nitrogens is 2. The van der Waals surface area contributed by atoms with Crippen LogP contribution in [0, 0.1) is 5.92 Å². The number of carboxylic acid groups (broad SMARTS) is 1. The van der Waals surface area contributed by atoms with E-state index >= 15 is 0 Å². The van der Waals surface area contributed by atoms with Crippen molar-refractivity contribution in [3.8, 4) is 6.01 Å². The van der Waals surface area contributed by atoms with Crippen molar-refractivity contribution in [3.63, 3.8) is 0 Å². The minimum Gasteiger partial charge on any atom is -0.481 e. The molecule has 0 spiro atoms. The van der Waals surface area contributed by atoms with Gasteiger partial charge in [0.25, 0.3) is 5.52 Å². The number of aromatic hydroxyl groups is 1. The maximum atomic E-state index is 12.2. The number of carboxylic acids is 1. The summed E-state index contributed by atoms with van der Waals surface area (Å²) in [6, 6.07) is -0.149. The number of aliphatic carboxylic acids is 1. The molecule has 0 aromatic carbocycles. The van der Waals surface area contributed by atoms with Gasteiger partial charge in [0.2, 0.25) is 0 Å². The number of aromatic nitrogens is 4. The molecule has 22 heavy (non-hydrogen) atoms. The van der Waals surface area contributed by atoms with Crippen LogP contribution in [-0.4, -0.2) is 38.8 Å². The normalized spacial score (nSPS) is 16.4. The fourth-order valence-electron chi connectivity index (χ4n) is 2.88. The van der Waals surface area contributed by atoms with Crippen molar-refractivity contribution in [2.24, 2.45) is 20.0 Å². The number of fused-ring (bicyclic) bond motifs is 1. The minimum atomic E-state index is -0.759. The van der Waals surface area contributed by atoms with E-state index in [4.69, 9.17) is 5.11 Å². The Balaban J connectivity index is 1.97. The molecule has 0 atom stereocenters. The predicted molar refractivity (Wildman–Crippen MR) is 75.5 cm³/mol.